The largest absolute Gasteiger partial charge is 0.365 e. The zero-order chi connectivity index (χ0) is 20.4. The van der Waals surface area contributed by atoms with Gasteiger partial charge in [0.15, 0.2) is 5.82 Å². The number of hydrogen-bond acceptors (Lipinski definition) is 5. The van der Waals surface area contributed by atoms with E-state index in [1.807, 2.05) is 29.2 Å². The first-order valence-corrected chi connectivity index (χ1v) is 10.3. The van der Waals surface area contributed by atoms with Gasteiger partial charge in [0.1, 0.15) is 6.29 Å². The monoisotopic (exact) mass is 397 g/mol. The first-order chi connectivity index (χ1) is 14.8. The quantitative estimate of drug-likeness (QED) is 0.505. The van der Waals surface area contributed by atoms with Crippen molar-refractivity contribution in [2.75, 3.05) is 5.32 Å². The Morgan fingerprint density at radius 2 is 1.83 bits per heavy atom. The summed E-state index contributed by atoms with van der Waals surface area (Å²) in [6.45, 7) is 0. The highest BCUT2D eigenvalue weighted by Crippen LogP contribution is 2.43. The number of anilines is 1. The number of carbonyl (C=O) groups excluding carboxylic acids is 1. The summed E-state index contributed by atoms with van der Waals surface area (Å²) in [4.78, 5) is 19.7. The fourth-order valence-corrected chi connectivity index (χ4v) is 4.29. The Kier molecular flexibility index (Phi) is 4.75. The van der Waals surface area contributed by atoms with Crippen LogP contribution in [0.2, 0.25) is 0 Å². The third kappa shape index (κ3) is 3.14. The van der Waals surface area contributed by atoms with Crippen LogP contribution in [0.3, 0.4) is 0 Å². The Bertz CT molecular complexity index is 1060. The topological polar surface area (TPSA) is 72.7 Å². The van der Waals surface area contributed by atoms with Gasteiger partial charge in [0, 0.05) is 54.4 Å². The van der Waals surface area contributed by atoms with Crippen molar-refractivity contribution in [3.63, 3.8) is 0 Å². The third-order valence-electron chi connectivity index (χ3n) is 6.14. The van der Waals surface area contributed by atoms with Crippen LogP contribution in [-0.4, -0.2) is 32.1 Å². The molecule has 1 fully saturated rings. The molecule has 30 heavy (non-hydrogen) atoms. The molecule has 6 nitrogen and oxygen atoms in total. The maximum Gasteiger partial charge on any atom is 0.156 e. The van der Waals surface area contributed by atoms with E-state index < -0.39 is 5.41 Å². The molecule has 2 aliphatic rings. The second-order valence-corrected chi connectivity index (χ2v) is 7.87. The summed E-state index contributed by atoms with van der Waals surface area (Å²) in [5.74, 6) is 0.882. The molecule has 1 saturated carbocycles. The molecule has 0 atom stereocenters. The minimum Gasteiger partial charge on any atom is -0.365 e. The average Bonchev–Trinajstić information content (AvgIpc) is 3.12. The van der Waals surface area contributed by atoms with Gasteiger partial charge < -0.3 is 5.32 Å². The Balaban J connectivity index is 1.64. The van der Waals surface area contributed by atoms with Crippen molar-refractivity contribution in [3.05, 3.63) is 83.6 Å². The molecule has 0 aromatic carbocycles. The first kappa shape index (κ1) is 18.5. The normalized spacial score (nSPS) is 17.5. The van der Waals surface area contributed by atoms with Crippen LogP contribution in [0.5, 0.6) is 0 Å². The van der Waals surface area contributed by atoms with Crippen LogP contribution in [0.15, 0.2) is 61.2 Å². The minimum absolute atomic E-state index is 0.407. The van der Waals surface area contributed by atoms with Crippen molar-refractivity contribution in [3.8, 4) is 0 Å². The molecular weight excluding hydrogens is 374 g/mol. The molecule has 5 rings (SSSR count). The second kappa shape index (κ2) is 7.71. The average molecular weight is 397 g/mol. The maximum absolute atomic E-state index is 11.0. The molecule has 0 aliphatic heterocycles. The second-order valence-electron chi connectivity index (χ2n) is 7.87. The number of fused-ring (bicyclic) bond motifs is 1. The number of aromatic nitrogens is 4. The van der Waals surface area contributed by atoms with Crippen LogP contribution in [0.1, 0.15) is 41.6 Å². The van der Waals surface area contributed by atoms with Gasteiger partial charge in [-0.15, -0.1) is 0 Å². The van der Waals surface area contributed by atoms with Crippen molar-refractivity contribution in [1.82, 2.24) is 19.7 Å². The molecule has 0 spiro atoms. The van der Waals surface area contributed by atoms with E-state index in [4.69, 9.17) is 5.10 Å². The van der Waals surface area contributed by atoms with Crippen molar-refractivity contribution >= 4 is 24.4 Å². The van der Waals surface area contributed by atoms with E-state index in [2.05, 4.69) is 39.6 Å². The first-order valence-electron chi connectivity index (χ1n) is 10.3. The van der Waals surface area contributed by atoms with Crippen LogP contribution in [0, 0.1) is 0 Å². The van der Waals surface area contributed by atoms with Crippen LogP contribution in [0.25, 0.3) is 12.3 Å². The summed E-state index contributed by atoms with van der Waals surface area (Å²) >= 11 is 0. The number of carbonyl (C=O) groups is 1. The predicted molar refractivity (Wildman–Crippen MR) is 117 cm³/mol. The molecule has 6 heteroatoms. The van der Waals surface area contributed by atoms with E-state index in [1.165, 1.54) is 25.3 Å². The van der Waals surface area contributed by atoms with E-state index in [-0.39, 0.29) is 0 Å². The van der Waals surface area contributed by atoms with E-state index in [0.717, 1.165) is 34.5 Å². The van der Waals surface area contributed by atoms with E-state index in [0.29, 0.717) is 12.5 Å². The van der Waals surface area contributed by atoms with Gasteiger partial charge in [-0.2, -0.15) is 5.10 Å². The summed E-state index contributed by atoms with van der Waals surface area (Å²) in [7, 11) is 0. The van der Waals surface area contributed by atoms with Crippen LogP contribution >= 0.6 is 0 Å². The van der Waals surface area contributed by atoms with Crippen molar-refractivity contribution in [2.45, 2.75) is 37.1 Å². The molecule has 3 heterocycles. The lowest BCUT2D eigenvalue weighted by Crippen LogP contribution is -2.31. The van der Waals surface area contributed by atoms with Crippen molar-refractivity contribution < 1.29 is 4.79 Å². The molecule has 2 aliphatic carbocycles. The fraction of sp³-hybridized carbons (Fsp3) is 0.250. The predicted octanol–water partition coefficient (Wildman–Crippen LogP) is 3.86. The van der Waals surface area contributed by atoms with Crippen LogP contribution < -0.4 is 5.32 Å². The van der Waals surface area contributed by atoms with Gasteiger partial charge in [0.2, 0.25) is 0 Å². The summed E-state index contributed by atoms with van der Waals surface area (Å²) < 4.78 is 1.83. The lowest BCUT2D eigenvalue weighted by molar-refractivity contribution is -0.104. The van der Waals surface area contributed by atoms with E-state index in [9.17, 15) is 4.79 Å². The Morgan fingerprint density at radius 3 is 2.40 bits per heavy atom. The number of allylic oxidation sites excluding steroid dienone is 2. The molecular formula is C24H23N5O. The molecule has 3 aromatic heterocycles. The number of hydrogen-bond donors (Lipinski definition) is 1. The lowest BCUT2D eigenvalue weighted by atomic mass is 9.69. The molecule has 0 amide bonds. The van der Waals surface area contributed by atoms with Gasteiger partial charge in [0.05, 0.1) is 5.69 Å². The molecule has 3 aromatic rings. The Hall–Kier alpha value is -3.54. The standard InChI is InChI=1S/C24H23N5O/c30-14-4-13-29-22-15-24(18-5-2-11-25-16-18,19-6-3-12-26-17-19)10-9-21(22)23(28-29)27-20-7-1-8-20/h2-6,9-14,16-17,20H,1,7-8,15H2,(H,27,28). The highest BCUT2D eigenvalue weighted by atomic mass is 16.1. The molecule has 0 saturated heterocycles. The number of aldehydes is 1. The highest BCUT2D eigenvalue weighted by molar-refractivity contribution is 5.74. The summed E-state index contributed by atoms with van der Waals surface area (Å²) in [6, 6.07) is 8.60. The zero-order valence-corrected chi connectivity index (χ0v) is 16.6. The number of rotatable bonds is 6. The van der Waals surface area contributed by atoms with Gasteiger partial charge in [0.25, 0.3) is 0 Å². The minimum atomic E-state index is -0.407. The van der Waals surface area contributed by atoms with Gasteiger partial charge in [-0.05, 0) is 48.6 Å². The van der Waals surface area contributed by atoms with E-state index >= 15 is 0 Å². The number of nitrogens with zero attached hydrogens (tertiary/aromatic N) is 4. The lowest BCUT2D eigenvalue weighted by Gasteiger charge is -2.34. The van der Waals surface area contributed by atoms with Crippen molar-refractivity contribution in [2.24, 2.45) is 0 Å². The molecule has 0 unspecified atom stereocenters. The summed E-state index contributed by atoms with van der Waals surface area (Å²) in [6.07, 6.45) is 20.1. The number of nitrogens with one attached hydrogen (secondary N) is 1. The van der Waals surface area contributed by atoms with Crippen LogP contribution in [-0.2, 0) is 16.6 Å². The van der Waals surface area contributed by atoms with Gasteiger partial charge in [-0.1, -0.05) is 24.3 Å². The summed E-state index contributed by atoms with van der Waals surface area (Å²) in [5, 5.41) is 8.36. The SMILES string of the molecule is O=CC=Cn1nc(NC2CCC2)c2c1CC(c1cccnc1)(c1cccnc1)C=C2. The van der Waals surface area contributed by atoms with Gasteiger partial charge >= 0.3 is 0 Å². The Morgan fingerprint density at radius 1 is 1.10 bits per heavy atom. The molecule has 0 radical (unpaired) electrons. The fourth-order valence-electron chi connectivity index (χ4n) is 4.29. The van der Waals surface area contributed by atoms with Crippen molar-refractivity contribution in [1.29, 1.82) is 0 Å². The van der Waals surface area contributed by atoms with Crippen LogP contribution in [0.4, 0.5) is 5.82 Å². The third-order valence-corrected chi connectivity index (χ3v) is 6.14. The molecule has 0 bridgehead atoms. The van der Waals surface area contributed by atoms with Gasteiger partial charge in [-0.3, -0.25) is 14.8 Å². The smallest absolute Gasteiger partial charge is 0.156 e. The zero-order valence-electron chi connectivity index (χ0n) is 16.6. The van der Waals surface area contributed by atoms with Gasteiger partial charge in [-0.25, -0.2) is 4.68 Å². The number of pyridine rings is 2. The molecule has 1 N–H and O–H groups in total. The maximum atomic E-state index is 11.0. The van der Waals surface area contributed by atoms with E-state index in [1.54, 1.807) is 18.6 Å². The highest BCUT2D eigenvalue weighted by Gasteiger charge is 2.38. The summed E-state index contributed by atoms with van der Waals surface area (Å²) in [5.41, 5.74) is 3.93. The Labute approximate surface area is 175 Å². The molecule has 150 valence electrons.